The molecule has 6 nitrogen and oxygen atoms in total. The van der Waals surface area contributed by atoms with Gasteiger partial charge in [-0.15, -0.1) is 0 Å². The molecule has 0 aliphatic heterocycles. The van der Waals surface area contributed by atoms with E-state index in [1.54, 1.807) is 31.2 Å². The van der Waals surface area contributed by atoms with E-state index in [4.69, 9.17) is 9.47 Å². The molecule has 0 saturated heterocycles. The molecule has 0 bridgehead atoms. The number of amides is 1. The molecule has 1 N–H and O–H groups in total. The molecule has 1 aliphatic rings. The second-order valence-electron chi connectivity index (χ2n) is 6.77. The molecule has 142 valence electrons. The minimum absolute atomic E-state index is 0.0504. The molecular weight excluding hydrogens is 334 g/mol. The smallest absolute Gasteiger partial charge is 0.344 e. The fourth-order valence-corrected chi connectivity index (χ4v) is 2.94. The Labute approximate surface area is 154 Å². The predicted octanol–water partition coefficient (Wildman–Crippen LogP) is 2.90. The highest BCUT2D eigenvalue weighted by Gasteiger charge is 2.20. The second-order valence-corrected chi connectivity index (χ2v) is 6.77. The van der Waals surface area contributed by atoms with Crippen LogP contribution in [0.15, 0.2) is 24.3 Å². The lowest BCUT2D eigenvalue weighted by Crippen LogP contribution is -2.39. The van der Waals surface area contributed by atoms with Crippen molar-refractivity contribution in [3.05, 3.63) is 29.8 Å². The first kappa shape index (κ1) is 19.9. The van der Waals surface area contributed by atoms with Crippen LogP contribution < -0.4 is 10.1 Å². The van der Waals surface area contributed by atoms with Gasteiger partial charge in [0.05, 0.1) is 0 Å². The zero-order chi connectivity index (χ0) is 18.9. The zero-order valence-electron chi connectivity index (χ0n) is 15.5. The topological polar surface area (TPSA) is 81.7 Å². The van der Waals surface area contributed by atoms with Crippen molar-refractivity contribution >= 4 is 17.7 Å². The molecule has 2 rings (SSSR count). The lowest BCUT2D eigenvalue weighted by molar-refractivity contribution is -0.150. The molecule has 0 radical (unpaired) electrons. The van der Waals surface area contributed by atoms with Gasteiger partial charge in [0.2, 0.25) is 0 Å². The SMILES string of the molecule is CCC(=O)c1ccc(OCC(=O)OCC(=O)NC2CCC(C)CC2)cc1. The van der Waals surface area contributed by atoms with Crippen LogP contribution in [0.4, 0.5) is 0 Å². The predicted molar refractivity (Wildman–Crippen MR) is 97.1 cm³/mol. The van der Waals surface area contributed by atoms with E-state index in [1.807, 2.05) is 0 Å². The molecule has 0 heterocycles. The maximum Gasteiger partial charge on any atom is 0.344 e. The highest BCUT2D eigenvalue weighted by Crippen LogP contribution is 2.23. The van der Waals surface area contributed by atoms with Crippen molar-refractivity contribution in [2.45, 2.75) is 52.0 Å². The summed E-state index contributed by atoms with van der Waals surface area (Å²) < 4.78 is 10.3. The molecule has 1 aromatic carbocycles. The summed E-state index contributed by atoms with van der Waals surface area (Å²) in [6.07, 6.45) is 4.61. The van der Waals surface area contributed by atoms with E-state index in [0.29, 0.717) is 23.7 Å². The summed E-state index contributed by atoms with van der Waals surface area (Å²) in [7, 11) is 0. The van der Waals surface area contributed by atoms with Crippen molar-refractivity contribution in [1.29, 1.82) is 0 Å². The number of hydrogen-bond acceptors (Lipinski definition) is 5. The van der Waals surface area contributed by atoms with Gasteiger partial charge in [-0.2, -0.15) is 0 Å². The van der Waals surface area contributed by atoms with Gasteiger partial charge in [0.25, 0.3) is 5.91 Å². The lowest BCUT2D eigenvalue weighted by Gasteiger charge is -2.26. The number of rotatable bonds is 8. The average molecular weight is 361 g/mol. The maximum absolute atomic E-state index is 11.8. The molecule has 0 unspecified atom stereocenters. The monoisotopic (exact) mass is 361 g/mol. The summed E-state index contributed by atoms with van der Waals surface area (Å²) in [5.41, 5.74) is 0.608. The fourth-order valence-electron chi connectivity index (χ4n) is 2.94. The Bertz CT molecular complexity index is 618. The third kappa shape index (κ3) is 6.50. The van der Waals surface area contributed by atoms with E-state index in [2.05, 4.69) is 12.2 Å². The molecule has 6 heteroatoms. The van der Waals surface area contributed by atoms with E-state index in [9.17, 15) is 14.4 Å². The van der Waals surface area contributed by atoms with Gasteiger partial charge in [-0.05, 0) is 55.9 Å². The Hall–Kier alpha value is -2.37. The van der Waals surface area contributed by atoms with Crippen molar-refractivity contribution in [2.75, 3.05) is 13.2 Å². The van der Waals surface area contributed by atoms with Gasteiger partial charge in [-0.3, -0.25) is 9.59 Å². The molecule has 1 fully saturated rings. The van der Waals surface area contributed by atoms with Crippen molar-refractivity contribution in [1.82, 2.24) is 5.32 Å². The third-order valence-corrected chi connectivity index (χ3v) is 4.60. The first-order valence-corrected chi connectivity index (χ1v) is 9.19. The second kappa shape index (κ2) is 9.94. The molecule has 1 aliphatic carbocycles. The summed E-state index contributed by atoms with van der Waals surface area (Å²) >= 11 is 0. The van der Waals surface area contributed by atoms with E-state index < -0.39 is 5.97 Å². The zero-order valence-corrected chi connectivity index (χ0v) is 15.5. The van der Waals surface area contributed by atoms with E-state index in [1.165, 1.54) is 0 Å². The maximum atomic E-state index is 11.8. The van der Waals surface area contributed by atoms with Crippen LogP contribution in [-0.4, -0.2) is 36.9 Å². The van der Waals surface area contributed by atoms with Crippen LogP contribution in [0.25, 0.3) is 0 Å². The van der Waals surface area contributed by atoms with Gasteiger partial charge in [0, 0.05) is 18.0 Å². The minimum Gasteiger partial charge on any atom is -0.482 e. The Morgan fingerprint density at radius 3 is 2.31 bits per heavy atom. The van der Waals surface area contributed by atoms with Crippen LogP contribution in [-0.2, 0) is 14.3 Å². The molecular formula is C20H27NO5. The number of carbonyl (C=O) groups is 3. The molecule has 26 heavy (non-hydrogen) atoms. The van der Waals surface area contributed by atoms with E-state index >= 15 is 0 Å². The number of hydrogen-bond donors (Lipinski definition) is 1. The summed E-state index contributed by atoms with van der Waals surface area (Å²) in [5.74, 6) is 0.350. The summed E-state index contributed by atoms with van der Waals surface area (Å²) in [5, 5.41) is 2.90. The molecule has 0 atom stereocenters. The first-order chi connectivity index (χ1) is 12.5. The normalized spacial score (nSPS) is 19.5. The number of ether oxygens (including phenoxy) is 2. The largest absolute Gasteiger partial charge is 0.482 e. The fraction of sp³-hybridized carbons (Fsp3) is 0.550. The molecule has 0 aromatic heterocycles. The standard InChI is InChI=1S/C20H27NO5/c1-3-18(22)15-6-10-17(11-7-15)25-13-20(24)26-12-19(23)21-16-8-4-14(2)5-9-16/h6-7,10-11,14,16H,3-5,8-9,12-13H2,1-2H3,(H,21,23). The van der Waals surface area contributed by atoms with Crippen molar-refractivity contribution in [3.63, 3.8) is 0 Å². The number of benzene rings is 1. The van der Waals surface area contributed by atoms with Crippen molar-refractivity contribution in [3.8, 4) is 5.75 Å². The Balaban J connectivity index is 1.65. The minimum atomic E-state index is -0.605. The summed E-state index contributed by atoms with van der Waals surface area (Å²) in [6, 6.07) is 6.76. The molecule has 1 aromatic rings. The molecule has 1 amide bonds. The number of carbonyl (C=O) groups excluding carboxylic acids is 3. The van der Waals surface area contributed by atoms with Crippen LogP contribution in [0.2, 0.25) is 0 Å². The number of esters is 1. The van der Waals surface area contributed by atoms with E-state index in [-0.39, 0.29) is 30.9 Å². The van der Waals surface area contributed by atoms with E-state index in [0.717, 1.165) is 25.7 Å². The van der Waals surface area contributed by atoms with Gasteiger partial charge >= 0.3 is 5.97 Å². The summed E-state index contributed by atoms with van der Waals surface area (Å²) in [6.45, 7) is 3.44. The van der Waals surface area contributed by atoms with Crippen molar-refractivity contribution < 1.29 is 23.9 Å². The van der Waals surface area contributed by atoms with Gasteiger partial charge in [0.1, 0.15) is 5.75 Å². The Morgan fingerprint density at radius 2 is 1.69 bits per heavy atom. The summed E-state index contributed by atoms with van der Waals surface area (Å²) in [4.78, 5) is 35.1. The quantitative estimate of drug-likeness (QED) is 0.569. The number of nitrogens with one attached hydrogen (secondary N) is 1. The lowest BCUT2D eigenvalue weighted by atomic mass is 9.87. The Morgan fingerprint density at radius 1 is 1.04 bits per heavy atom. The van der Waals surface area contributed by atoms with Gasteiger partial charge < -0.3 is 14.8 Å². The molecule has 0 spiro atoms. The average Bonchev–Trinajstić information content (AvgIpc) is 2.66. The van der Waals surface area contributed by atoms with Gasteiger partial charge in [-0.1, -0.05) is 13.8 Å². The third-order valence-electron chi connectivity index (χ3n) is 4.60. The van der Waals surface area contributed by atoms with Crippen LogP contribution in [0.3, 0.4) is 0 Å². The highest BCUT2D eigenvalue weighted by atomic mass is 16.6. The number of ketones is 1. The van der Waals surface area contributed by atoms with Crippen LogP contribution in [0, 0.1) is 5.92 Å². The number of Topliss-reactive ketones (excluding diaryl/α,β-unsaturated/α-hetero) is 1. The van der Waals surface area contributed by atoms with Crippen LogP contribution in [0.5, 0.6) is 5.75 Å². The first-order valence-electron chi connectivity index (χ1n) is 9.19. The van der Waals surface area contributed by atoms with Crippen LogP contribution in [0.1, 0.15) is 56.3 Å². The Kier molecular flexibility index (Phi) is 7.63. The highest BCUT2D eigenvalue weighted by molar-refractivity contribution is 5.95. The van der Waals surface area contributed by atoms with Crippen LogP contribution >= 0.6 is 0 Å². The molecule has 1 saturated carbocycles. The van der Waals surface area contributed by atoms with Crippen molar-refractivity contribution in [2.24, 2.45) is 5.92 Å². The van der Waals surface area contributed by atoms with Gasteiger partial charge in [-0.25, -0.2) is 4.79 Å². The van der Waals surface area contributed by atoms with Gasteiger partial charge in [0.15, 0.2) is 19.0 Å².